The zero-order chi connectivity index (χ0) is 30.3. The zero-order valence-corrected chi connectivity index (χ0v) is 26.7. The van der Waals surface area contributed by atoms with Gasteiger partial charge < -0.3 is 0 Å². The normalized spacial score (nSPS) is 13.5. The van der Waals surface area contributed by atoms with E-state index in [1.165, 1.54) is 7.11 Å². The van der Waals surface area contributed by atoms with E-state index in [4.69, 9.17) is 4.74 Å². The van der Waals surface area contributed by atoms with Crippen molar-refractivity contribution >= 4 is 55.5 Å². The van der Waals surface area contributed by atoms with Gasteiger partial charge in [0.1, 0.15) is 0 Å². The summed E-state index contributed by atoms with van der Waals surface area (Å²) in [6.45, 7) is 8.52. The van der Waals surface area contributed by atoms with Crippen LogP contribution in [-0.4, -0.2) is 93.1 Å². The van der Waals surface area contributed by atoms with Gasteiger partial charge in [0.25, 0.3) is 0 Å². The van der Waals surface area contributed by atoms with Gasteiger partial charge in [0.05, 0.1) is 0 Å². The zero-order valence-electron chi connectivity index (χ0n) is 24.2. The Morgan fingerprint density at radius 1 is 0.975 bits per heavy atom. The van der Waals surface area contributed by atoms with Crippen LogP contribution in [0.5, 0.6) is 0 Å². The van der Waals surface area contributed by atoms with Crippen LogP contribution >= 0.6 is 11.8 Å². The topological polar surface area (TPSA) is 152 Å². The summed E-state index contributed by atoms with van der Waals surface area (Å²) < 4.78 is 12.7. The van der Waals surface area contributed by atoms with E-state index >= 15 is 0 Å². The second kappa shape index (κ2) is 18.0. The van der Waals surface area contributed by atoms with Crippen molar-refractivity contribution in [1.82, 2.24) is 20.3 Å². The van der Waals surface area contributed by atoms with Crippen LogP contribution in [0.4, 0.5) is 4.79 Å². The Labute approximate surface area is 247 Å². The van der Waals surface area contributed by atoms with Crippen LogP contribution in [0.15, 0.2) is 30.3 Å². The van der Waals surface area contributed by atoms with Crippen LogP contribution < -0.4 is 20.3 Å². The molecular formula is C27H42N4O7SSe. The minimum absolute atomic E-state index is 0.200. The number of esters is 1. The van der Waals surface area contributed by atoms with Crippen LogP contribution in [0.1, 0.15) is 46.6 Å². The summed E-state index contributed by atoms with van der Waals surface area (Å²) in [4.78, 5) is 63.2. The first-order chi connectivity index (χ1) is 18.8. The molecule has 0 saturated carbocycles. The van der Waals surface area contributed by atoms with E-state index in [1.807, 2.05) is 36.6 Å². The molecule has 0 aromatic heterocycles. The van der Waals surface area contributed by atoms with Crippen molar-refractivity contribution in [1.29, 1.82) is 0 Å². The molecule has 1 aromatic rings. The molecular weight excluding hydrogens is 603 g/mol. The summed E-state index contributed by atoms with van der Waals surface area (Å²) in [7, 11) is 1.23. The quantitative estimate of drug-likeness (QED) is 0.155. The third-order valence-electron chi connectivity index (χ3n) is 5.37. The number of alkyl carbamates (subject to hydrolysis) is 1. The van der Waals surface area contributed by atoms with Crippen LogP contribution in [0.2, 0.25) is 0 Å². The number of carbonyl (C=O) groups excluding carboxylic acids is 5. The molecule has 0 fully saturated rings. The molecule has 40 heavy (non-hydrogen) atoms. The van der Waals surface area contributed by atoms with E-state index in [1.54, 1.807) is 46.4 Å². The van der Waals surface area contributed by atoms with Crippen molar-refractivity contribution < 1.29 is 33.4 Å². The second-order valence-corrected chi connectivity index (χ2v) is 13.0. The van der Waals surface area contributed by atoms with E-state index < -0.39 is 62.8 Å². The molecule has 3 atom stereocenters. The maximum atomic E-state index is 13.4. The van der Waals surface area contributed by atoms with Crippen LogP contribution in [0.3, 0.4) is 0 Å². The SMILES string of the molecule is COC(=O)CNC(=O)[C@H](CCSC)N[Se]C(=O)[C@@H](NC(=O)[C@H](Cc1ccccc1)NC(=O)OC(C)(C)C)C(C)C. The molecule has 4 N–H and O–H groups in total. The summed E-state index contributed by atoms with van der Waals surface area (Å²) >= 11 is 0.691. The molecule has 3 amide bonds. The summed E-state index contributed by atoms with van der Waals surface area (Å²) in [5.74, 6) is -1.10. The third kappa shape index (κ3) is 14.2. The van der Waals surface area contributed by atoms with E-state index in [0.717, 1.165) is 5.56 Å². The molecule has 13 heteroatoms. The van der Waals surface area contributed by atoms with Gasteiger partial charge in [-0.05, 0) is 0 Å². The fourth-order valence-electron chi connectivity index (χ4n) is 3.29. The van der Waals surface area contributed by atoms with Gasteiger partial charge >= 0.3 is 248 Å². The molecule has 0 aliphatic carbocycles. The van der Waals surface area contributed by atoms with Gasteiger partial charge in [-0.1, -0.05) is 0 Å². The van der Waals surface area contributed by atoms with Gasteiger partial charge in [0.2, 0.25) is 0 Å². The molecule has 0 radical (unpaired) electrons. The number of ether oxygens (including phenoxy) is 2. The summed E-state index contributed by atoms with van der Waals surface area (Å²) in [6, 6.07) is 6.68. The van der Waals surface area contributed by atoms with E-state index in [-0.39, 0.29) is 23.6 Å². The van der Waals surface area contributed by atoms with Gasteiger partial charge in [-0.25, -0.2) is 0 Å². The van der Waals surface area contributed by atoms with Crippen molar-refractivity contribution in [3.63, 3.8) is 0 Å². The Hall–Kier alpha value is -2.60. The first-order valence-electron chi connectivity index (χ1n) is 12.9. The molecule has 0 bridgehead atoms. The number of carbonyl (C=O) groups is 5. The Balaban J connectivity index is 2.97. The second-order valence-electron chi connectivity index (χ2n) is 10.3. The molecule has 1 rings (SSSR count). The van der Waals surface area contributed by atoms with Gasteiger partial charge in [-0.3, -0.25) is 0 Å². The number of hydrogen-bond acceptors (Lipinski definition) is 9. The predicted octanol–water partition coefficient (Wildman–Crippen LogP) is 1.41. The average molecular weight is 646 g/mol. The van der Waals surface area contributed by atoms with Crippen LogP contribution in [-0.2, 0) is 35.1 Å². The number of hydrogen-bond donors (Lipinski definition) is 4. The minimum atomic E-state index is -0.981. The van der Waals surface area contributed by atoms with E-state index in [9.17, 15) is 24.0 Å². The molecule has 11 nitrogen and oxygen atoms in total. The number of methoxy groups -OCH3 is 1. The van der Waals surface area contributed by atoms with Crippen LogP contribution in [0, 0.1) is 5.92 Å². The summed E-state index contributed by atoms with van der Waals surface area (Å²) in [5.41, 5.74) is 0.0740. The number of rotatable bonds is 16. The van der Waals surface area contributed by atoms with Crippen molar-refractivity contribution in [2.45, 2.75) is 71.2 Å². The van der Waals surface area contributed by atoms with E-state index in [0.29, 0.717) is 12.2 Å². The Bertz CT molecular complexity index is 989. The fourth-order valence-corrected chi connectivity index (χ4v) is 5.73. The Morgan fingerprint density at radius 2 is 1.62 bits per heavy atom. The molecule has 1 aromatic carbocycles. The van der Waals surface area contributed by atoms with Crippen LogP contribution in [0.25, 0.3) is 0 Å². The Kier molecular flexibility index (Phi) is 15.9. The molecule has 0 heterocycles. The van der Waals surface area contributed by atoms with Crippen molar-refractivity contribution in [2.75, 3.05) is 25.7 Å². The monoisotopic (exact) mass is 646 g/mol. The van der Waals surface area contributed by atoms with Gasteiger partial charge in [-0.2, -0.15) is 0 Å². The van der Waals surface area contributed by atoms with Crippen molar-refractivity contribution in [3.8, 4) is 0 Å². The Morgan fingerprint density at radius 3 is 2.17 bits per heavy atom. The molecule has 0 spiro atoms. The number of nitrogens with one attached hydrogen (secondary N) is 4. The van der Waals surface area contributed by atoms with Crippen molar-refractivity contribution in [2.24, 2.45) is 5.92 Å². The first kappa shape index (κ1) is 35.4. The molecule has 0 unspecified atom stereocenters. The van der Waals surface area contributed by atoms with Gasteiger partial charge in [0, 0.05) is 0 Å². The molecule has 0 aliphatic heterocycles. The van der Waals surface area contributed by atoms with Gasteiger partial charge in [-0.15, -0.1) is 0 Å². The molecule has 0 aliphatic rings. The number of benzene rings is 1. The number of amides is 3. The summed E-state index contributed by atoms with van der Waals surface area (Å²) in [5, 5.41) is 7.95. The van der Waals surface area contributed by atoms with Crippen molar-refractivity contribution in [3.05, 3.63) is 35.9 Å². The van der Waals surface area contributed by atoms with Gasteiger partial charge in [0.15, 0.2) is 0 Å². The first-order valence-corrected chi connectivity index (χ1v) is 16.0. The third-order valence-corrected chi connectivity index (χ3v) is 7.82. The van der Waals surface area contributed by atoms with E-state index in [2.05, 4.69) is 25.0 Å². The fraction of sp³-hybridized carbons (Fsp3) is 0.593. The maximum absolute atomic E-state index is 13.4. The average Bonchev–Trinajstić information content (AvgIpc) is 2.88. The number of thioether (sulfide) groups is 1. The standard InChI is InChI=1S/C27H42N4O7SSe/c1-17(2)22(25(35)40-31-19(13-14-39-7)23(33)28-16-21(32)37-6)30-24(34)20(15-18-11-9-8-10-12-18)29-26(36)38-27(3,4)5/h8-12,17,19-20,22,31H,13-16H2,1-7H3,(H,28,33)(H,29,36)(H,30,34)/t19-,20-,22-/m0/s1. The predicted molar refractivity (Wildman–Crippen MR) is 156 cm³/mol. The molecule has 224 valence electrons. The summed E-state index contributed by atoms with van der Waals surface area (Å²) in [6.07, 6.45) is 1.81. The molecule has 0 saturated heterocycles.